The lowest BCUT2D eigenvalue weighted by Crippen LogP contribution is -2.16. The molecule has 2 heterocycles. The molecule has 0 bridgehead atoms. The fourth-order valence-electron chi connectivity index (χ4n) is 2.63. The van der Waals surface area contributed by atoms with Gasteiger partial charge in [0, 0.05) is 18.7 Å². The second kappa shape index (κ2) is 7.53. The Morgan fingerprint density at radius 2 is 1.96 bits per heavy atom. The average molecular weight is 384 g/mol. The molecule has 1 aromatic heterocycles. The van der Waals surface area contributed by atoms with Crippen molar-refractivity contribution in [1.29, 1.82) is 0 Å². The first-order valence-electron chi connectivity index (χ1n) is 8.12. The van der Waals surface area contributed by atoms with Crippen molar-refractivity contribution in [2.75, 3.05) is 13.1 Å². The van der Waals surface area contributed by atoms with Crippen LogP contribution in [0.5, 0.6) is 11.6 Å². The first-order chi connectivity index (χ1) is 12.3. The van der Waals surface area contributed by atoms with Crippen LogP contribution < -0.4 is 4.74 Å². The zero-order valence-electron chi connectivity index (χ0n) is 14.1. The van der Waals surface area contributed by atoms with Crippen LogP contribution in [0.2, 0.25) is 5.02 Å². The average Bonchev–Trinajstić information content (AvgIpc) is 3.09. The maximum Gasteiger partial charge on any atom is 0.417 e. The fourth-order valence-corrected chi connectivity index (χ4v) is 2.85. The topological polar surface area (TPSA) is 37.7 Å². The highest BCUT2D eigenvalue weighted by Crippen LogP contribution is 2.37. The molecule has 2 aromatic rings. The first-order valence-corrected chi connectivity index (χ1v) is 8.50. The summed E-state index contributed by atoms with van der Waals surface area (Å²) in [7, 11) is 0. The number of hydrogen-bond acceptors (Lipinski definition) is 3. The summed E-state index contributed by atoms with van der Waals surface area (Å²) in [4.78, 5) is 10.7. The van der Waals surface area contributed by atoms with Gasteiger partial charge >= 0.3 is 6.18 Å². The van der Waals surface area contributed by atoms with Crippen molar-refractivity contribution in [3.8, 4) is 11.6 Å². The predicted octanol–water partition coefficient (Wildman–Crippen LogP) is 5.61. The lowest BCUT2D eigenvalue weighted by atomic mass is 10.2. The van der Waals surface area contributed by atoms with Crippen LogP contribution in [0.15, 0.2) is 35.5 Å². The van der Waals surface area contributed by atoms with Crippen molar-refractivity contribution in [3.05, 3.63) is 46.6 Å². The van der Waals surface area contributed by atoms with E-state index in [4.69, 9.17) is 16.3 Å². The van der Waals surface area contributed by atoms with Gasteiger partial charge in [0.05, 0.1) is 28.8 Å². The minimum absolute atomic E-state index is 0.0191. The highest BCUT2D eigenvalue weighted by Gasteiger charge is 2.33. The number of benzene rings is 1. The molecular weight excluding hydrogens is 367 g/mol. The highest BCUT2D eigenvalue weighted by molar-refractivity contribution is 6.31. The van der Waals surface area contributed by atoms with Gasteiger partial charge in [-0.1, -0.05) is 11.6 Å². The number of hydrogen-bond donors (Lipinski definition) is 0. The maximum absolute atomic E-state index is 12.9. The Hall–Kier alpha value is -2.28. The molecule has 0 radical (unpaired) electrons. The van der Waals surface area contributed by atoms with Crippen LogP contribution in [0.4, 0.5) is 18.9 Å². The van der Waals surface area contributed by atoms with Gasteiger partial charge in [-0.3, -0.25) is 0 Å². The van der Waals surface area contributed by atoms with E-state index in [1.807, 2.05) is 0 Å². The van der Waals surface area contributed by atoms with E-state index in [1.54, 1.807) is 19.3 Å². The van der Waals surface area contributed by atoms with Crippen LogP contribution in [0.1, 0.15) is 24.0 Å². The van der Waals surface area contributed by atoms with E-state index in [0.717, 1.165) is 38.1 Å². The molecule has 8 heteroatoms. The Bertz CT molecular complexity index is 818. The van der Waals surface area contributed by atoms with Crippen molar-refractivity contribution >= 4 is 23.6 Å². The molecule has 0 spiro atoms. The molecule has 1 fully saturated rings. The number of ether oxygens (including phenoxy) is 1. The summed E-state index contributed by atoms with van der Waals surface area (Å²) in [6.45, 7) is 3.75. The molecule has 0 aliphatic carbocycles. The second-order valence-electron chi connectivity index (χ2n) is 6.04. The number of halogens is 4. The number of aliphatic imine (C=N–C) groups is 1. The van der Waals surface area contributed by atoms with Crippen LogP contribution >= 0.6 is 11.6 Å². The summed E-state index contributed by atoms with van der Waals surface area (Å²) in [5.41, 5.74) is 0.388. The van der Waals surface area contributed by atoms with E-state index in [-0.39, 0.29) is 16.7 Å². The Morgan fingerprint density at radius 3 is 2.62 bits per heavy atom. The molecule has 0 unspecified atom stereocenters. The minimum atomic E-state index is -4.55. The number of rotatable bonds is 4. The largest absolute Gasteiger partial charge is 0.439 e. The van der Waals surface area contributed by atoms with E-state index in [1.165, 1.54) is 12.3 Å². The molecule has 1 aliphatic heterocycles. The smallest absolute Gasteiger partial charge is 0.417 e. The molecule has 138 valence electrons. The van der Waals surface area contributed by atoms with Gasteiger partial charge in [0.25, 0.3) is 0 Å². The van der Waals surface area contributed by atoms with Crippen LogP contribution in [0, 0.1) is 6.92 Å². The molecule has 0 saturated carbocycles. The summed E-state index contributed by atoms with van der Waals surface area (Å²) >= 11 is 5.61. The Kier molecular flexibility index (Phi) is 5.36. The summed E-state index contributed by atoms with van der Waals surface area (Å²) in [6, 6.07) is 5.17. The standard InChI is InChI=1S/C18H17ClF3N3O/c1-12-8-13(24-11-25-6-2-3-7-25)10-23-17(12)26-14-4-5-16(19)15(9-14)18(20,21)22/h4-5,8-11H,2-3,6-7H2,1H3/b24-11+. The van der Waals surface area contributed by atoms with Gasteiger partial charge in [0.1, 0.15) is 5.75 Å². The van der Waals surface area contributed by atoms with Gasteiger partial charge in [-0.05, 0) is 44.0 Å². The predicted molar refractivity (Wildman–Crippen MR) is 94.5 cm³/mol. The Labute approximate surface area is 154 Å². The van der Waals surface area contributed by atoms with E-state index < -0.39 is 11.7 Å². The third-order valence-electron chi connectivity index (χ3n) is 3.98. The van der Waals surface area contributed by atoms with Gasteiger partial charge in [-0.15, -0.1) is 0 Å². The van der Waals surface area contributed by atoms with Crippen molar-refractivity contribution in [2.24, 2.45) is 4.99 Å². The molecule has 1 aliphatic rings. The third-order valence-corrected chi connectivity index (χ3v) is 4.31. The lowest BCUT2D eigenvalue weighted by Gasteiger charge is -2.12. The second-order valence-corrected chi connectivity index (χ2v) is 6.45. The summed E-state index contributed by atoms with van der Waals surface area (Å²) in [5, 5.41) is -0.374. The first kappa shape index (κ1) is 18.5. The van der Waals surface area contributed by atoms with Gasteiger partial charge in [0.15, 0.2) is 0 Å². The van der Waals surface area contributed by atoms with Crippen molar-refractivity contribution < 1.29 is 17.9 Å². The van der Waals surface area contributed by atoms with Crippen LogP contribution in [-0.4, -0.2) is 29.3 Å². The zero-order chi connectivity index (χ0) is 18.7. The van der Waals surface area contributed by atoms with Crippen molar-refractivity contribution in [2.45, 2.75) is 25.9 Å². The third kappa shape index (κ3) is 4.46. The van der Waals surface area contributed by atoms with Crippen molar-refractivity contribution in [1.82, 2.24) is 9.88 Å². The summed E-state index contributed by atoms with van der Waals surface area (Å²) < 4.78 is 44.3. The number of likely N-dealkylation sites (tertiary alicyclic amines) is 1. The van der Waals surface area contributed by atoms with E-state index in [0.29, 0.717) is 11.3 Å². The molecule has 3 rings (SSSR count). The summed E-state index contributed by atoms with van der Waals surface area (Å²) in [5.74, 6) is 0.242. The van der Waals surface area contributed by atoms with E-state index in [2.05, 4.69) is 14.9 Å². The minimum Gasteiger partial charge on any atom is -0.439 e. The molecule has 0 amide bonds. The lowest BCUT2D eigenvalue weighted by molar-refractivity contribution is -0.137. The SMILES string of the molecule is Cc1cc(/N=C/N2CCCC2)cnc1Oc1ccc(Cl)c(C(F)(F)F)c1. The van der Waals surface area contributed by atoms with Crippen molar-refractivity contribution in [3.63, 3.8) is 0 Å². The van der Waals surface area contributed by atoms with E-state index >= 15 is 0 Å². The fraction of sp³-hybridized carbons (Fsp3) is 0.333. The van der Waals surface area contributed by atoms with Crippen LogP contribution in [-0.2, 0) is 6.18 Å². The number of pyridine rings is 1. The molecule has 1 saturated heterocycles. The van der Waals surface area contributed by atoms with Gasteiger partial charge in [-0.2, -0.15) is 13.2 Å². The molecule has 26 heavy (non-hydrogen) atoms. The zero-order valence-corrected chi connectivity index (χ0v) is 14.8. The van der Waals surface area contributed by atoms with E-state index in [9.17, 15) is 13.2 Å². The van der Waals surface area contributed by atoms with Crippen LogP contribution in [0.3, 0.4) is 0 Å². The Balaban J connectivity index is 1.76. The van der Waals surface area contributed by atoms with Gasteiger partial charge in [-0.25, -0.2) is 9.98 Å². The highest BCUT2D eigenvalue weighted by atomic mass is 35.5. The number of nitrogens with zero attached hydrogens (tertiary/aromatic N) is 3. The summed E-state index contributed by atoms with van der Waals surface area (Å²) in [6.07, 6.45) is 1.09. The molecule has 1 aromatic carbocycles. The molecule has 0 N–H and O–H groups in total. The molecular formula is C18H17ClF3N3O. The monoisotopic (exact) mass is 383 g/mol. The quantitative estimate of drug-likeness (QED) is 0.508. The van der Waals surface area contributed by atoms with Crippen LogP contribution in [0.25, 0.3) is 0 Å². The molecule has 0 atom stereocenters. The number of aromatic nitrogens is 1. The Morgan fingerprint density at radius 1 is 1.23 bits per heavy atom. The number of aryl methyl sites for hydroxylation is 1. The normalized spacial score (nSPS) is 15.0. The van der Waals surface area contributed by atoms with Gasteiger partial charge < -0.3 is 9.64 Å². The maximum atomic E-state index is 12.9. The van der Waals surface area contributed by atoms with Gasteiger partial charge in [0.2, 0.25) is 5.88 Å². The molecule has 4 nitrogen and oxygen atoms in total. The number of alkyl halides is 3.